The summed E-state index contributed by atoms with van der Waals surface area (Å²) in [7, 11) is 0. The standard InChI is InChI=1S/C6H9N3OS/c1-4-3-11-6(8-4)2-5(7)9-10/h3,10H,2H2,1H3,(H2,7,9). The van der Waals surface area contributed by atoms with Crippen LogP contribution in [0.2, 0.25) is 0 Å². The number of amidine groups is 1. The average molecular weight is 171 g/mol. The molecule has 0 aromatic carbocycles. The lowest BCUT2D eigenvalue weighted by Crippen LogP contribution is -2.14. The van der Waals surface area contributed by atoms with E-state index in [1.165, 1.54) is 11.3 Å². The molecular formula is C6H9N3OS. The first kappa shape index (κ1) is 8.00. The lowest BCUT2D eigenvalue weighted by molar-refractivity contribution is 0.317. The van der Waals surface area contributed by atoms with Gasteiger partial charge in [-0.1, -0.05) is 5.16 Å². The predicted octanol–water partition coefficient (Wildman–Crippen LogP) is 0.740. The topological polar surface area (TPSA) is 71.5 Å². The van der Waals surface area contributed by atoms with E-state index in [0.29, 0.717) is 6.42 Å². The van der Waals surface area contributed by atoms with E-state index in [1.54, 1.807) is 0 Å². The first-order chi connectivity index (χ1) is 5.22. The van der Waals surface area contributed by atoms with E-state index in [1.807, 2.05) is 12.3 Å². The molecular weight excluding hydrogens is 162 g/mol. The van der Waals surface area contributed by atoms with Gasteiger partial charge in [0.1, 0.15) is 10.8 Å². The van der Waals surface area contributed by atoms with Gasteiger partial charge in [-0.15, -0.1) is 11.3 Å². The maximum atomic E-state index is 8.24. The van der Waals surface area contributed by atoms with E-state index < -0.39 is 0 Å². The van der Waals surface area contributed by atoms with E-state index in [4.69, 9.17) is 10.9 Å². The summed E-state index contributed by atoms with van der Waals surface area (Å²) in [5, 5.41) is 13.9. The van der Waals surface area contributed by atoms with Crippen molar-refractivity contribution in [2.75, 3.05) is 0 Å². The van der Waals surface area contributed by atoms with Gasteiger partial charge in [-0.25, -0.2) is 4.98 Å². The molecule has 0 amide bonds. The Morgan fingerprint density at radius 3 is 3.09 bits per heavy atom. The average Bonchev–Trinajstić information content (AvgIpc) is 2.35. The molecule has 3 N–H and O–H groups in total. The van der Waals surface area contributed by atoms with Crippen molar-refractivity contribution in [1.82, 2.24) is 4.98 Å². The molecule has 0 aliphatic heterocycles. The molecule has 0 spiro atoms. The van der Waals surface area contributed by atoms with E-state index in [-0.39, 0.29) is 5.84 Å². The predicted molar refractivity (Wildman–Crippen MR) is 44.0 cm³/mol. The molecule has 0 bridgehead atoms. The van der Waals surface area contributed by atoms with Crippen molar-refractivity contribution in [2.45, 2.75) is 13.3 Å². The number of rotatable bonds is 2. The molecule has 4 nitrogen and oxygen atoms in total. The second-order valence-electron chi connectivity index (χ2n) is 2.15. The van der Waals surface area contributed by atoms with Crippen molar-refractivity contribution in [3.8, 4) is 0 Å². The molecule has 0 radical (unpaired) electrons. The van der Waals surface area contributed by atoms with Gasteiger partial charge in [0.15, 0.2) is 0 Å². The van der Waals surface area contributed by atoms with Crippen molar-refractivity contribution in [2.24, 2.45) is 10.9 Å². The molecule has 0 saturated carbocycles. The van der Waals surface area contributed by atoms with Crippen LogP contribution in [0.4, 0.5) is 0 Å². The normalized spacial score (nSPS) is 11.9. The van der Waals surface area contributed by atoms with E-state index in [9.17, 15) is 0 Å². The molecule has 60 valence electrons. The number of thiazole rings is 1. The van der Waals surface area contributed by atoms with Crippen molar-refractivity contribution >= 4 is 17.2 Å². The zero-order chi connectivity index (χ0) is 8.27. The highest BCUT2D eigenvalue weighted by molar-refractivity contribution is 7.09. The second-order valence-corrected chi connectivity index (χ2v) is 3.09. The van der Waals surface area contributed by atoms with Crippen LogP contribution in [0.5, 0.6) is 0 Å². The van der Waals surface area contributed by atoms with Crippen LogP contribution in [0.3, 0.4) is 0 Å². The van der Waals surface area contributed by atoms with Gasteiger partial charge in [-0.2, -0.15) is 0 Å². The molecule has 0 saturated heterocycles. The highest BCUT2D eigenvalue weighted by atomic mass is 32.1. The first-order valence-electron chi connectivity index (χ1n) is 3.10. The molecule has 0 unspecified atom stereocenters. The number of nitrogens with two attached hydrogens (primary N) is 1. The smallest absolute Gasteiger partial charge is 0.146 e. The number of aryl methyl sites for hydroxylation is 1. The summed E-state index contributed by atoms with van der Waals surface area (Å²) in [6.45, 7) is 1.91. The molecule has 0 aliphatic rings. The van der Waals surface area contributed by atoms with Gasteiger partial charge in [0.25, 0.3) is 0 Å². The zero-order valence-electron chi connectivity index (χ0n) is 6.11. The highest BCUT2D eigenvalue weighted by Crippen LogP contribution is 2.08. The van der Waals surface area contributed by atoms with Crippen molar-refractivity contribution in [3.05, 3.63) is 16.1 Å². The van der Waals surface area contributed by atoms with Crippen molar-refractivity contribution in [3.63, 3.8) is 0 Å². The number of nitrogens with zero attached hydrogens (tertiary/aromatic N) is 2. The minimum Gasteiger partial charge on any atom is -0.409 e. The molecule has 0 aliphatic carbocycles. The van der Waals surface area contributed by atoms with Gasteiger partial charge < -0.3 is 10.9 Å². The van der Waals surface area contributed by atoms with Crippen molar-refractivity contribution < 1.29 is 5.21 Å². The molecule has 1 heterocycles. The van der Waals surface area contributed by atoms with Crippen LogP contribution in [-0.2, 0) is 6.42 Å². The van der Waals surface area contributed by atoms with E-state index in [2.05, 4.69) is 10.1 Å². The van der Waals surface area contributed by atoms with Crippen LogP contribution in [-0.4, -0.2) is 16.0 Å². The monoisotopic (exact) mass is 171 g/mol. The minimum absolute atomic E-state index is 0.194. The Bertz CT molecular complexity index is 269. The third-order valence-corrected chi connectivity index (χ3v) is 2.09. The summed E-state index contributed by atoms with van der Waals surface area (Å²) in [5.74, 6) is 0.194. The Morgan fingerprint density at radius 1 is 1.91 bits per heavy atom. The maximum absolute atomic E-state index is 8.24. The lowest BCUT2D eigenvalue weighted by atomic mass is 10.4. The molecule has 1 aromatic heterocycles. The van der Waals surface area contributed by atoms with Crippen molar-refractivity contribution in [1.29, 1.82) is 0 Å². The summed E-state index contributed by atoms with van der Waals surface area (Å²) >= 11 is 1.51. The van der Waals surface area contributed by atoms with Gasteiger partial charge in [-0.3, -0.25) is 0 Å². The van der Waals surface area contributed by atoms with Crippen LogP contribution in [0, 0.1) is 6.92 Å². The summed E-state index contributed by atoms with van der Waals surface area (Å²) in [6, 6.07) is 0. The fourth-order valence-electron chi connectivity index (χ4n) is 0.674. The molecule has 0 atom stereocenters. The zero-order valence-corrected chi connectivity index (χ0v) is 6.93. The van der Waals surface area contributed by atoms with Gasteiger partial charge in [0, 0.05) is 11.1 Å². The number of hydrogen-bond acceptors (Lipinski definition) is 4. The minimum atomic E-state index is 0.194. The number of hydrogen-bond donors (Lipinski definition) is 2. The van der Waals surface area contributed by atoms with Crippen LogP contribution in [0.15, 0.2) is 10.5 Å². The largest absolute Gasteiger partial charge is 0.409 e. The Kier molecular flexibility index (Phi) is 2.43. The summed E-state index contributed by atoms with van der Waals surface area (Å²) in [4.78, 5) is 4.15. The van der Waals surface area contributed by atoms with Gasteiger partial charge >= 0.3 is 0 Å². The van der Waals surface area contributed by atoms with Gasteiger partial charge in [0.2, 0.25) is 0 Å². The van der Waals surface area contributed by atoms with Gasteiger partial charge in [-0.05, 0) is 6.92 Å². The summed E-state index contributed by atoms with van der Waals surface area (Å²) < 4.78 is 0. The van der Waals surface area contributed by atoms with Crippen LogP contribution >= 0.6 is 11.3 Å². The fraction of sp³-hybridized carbons (Fsp3) is 0.333. The Labute approximate surface area is 68.4 Å². The Hall–Kier alpha value is -1.10. The first-order valence-corrected chi connectivity index (χ1v) is 3.97. The second kappa shape index (κ2) is 3.34. The third-order valence-electron chi connectivity index (χ3n) is 1.13. The van der Waals surface area contributed by atoms with Gasteiger partial charge in [0.05, 0.1) is 6.42 Å². The maximum Gasteiger partial charge on any atom is 0.146 e. The SMILES string of the molecule is Cc1csc(C/C(N)=N/O)n1. The number of aromatic nitrogens is 1. The quantitative estimate of drug-likeness (QED) is 0.298. The Balaban J connectivity index is 2.65. The fourth-order valence-corrected chi connectivity index (χ4v) is 1.46. The molecule has 5 heteroatoms. The van der Waals surface area contributed by atoms with Crippen LogP contribution in [0.25, 0.3) is 0 Å². The molecule has 11 heavy (non-hydrogen) atoms. The molecule has 1 rings (SSSR count). The van der Waals surface area contributed by atoms with E-state index >= 15 is 0 Å². The van der Waals surface area contributed by atoms with E-state index in [0.717, 1.165) is 10.7 Å². The number of oxime groups is 1. The molecule has 1 aromatic rings. The Morgan fingerprint density at radius 2 is 2.64 bits per heavy atom. The van der Waals surface area contributed by atoms with Crippen LogP contribution in [0.1, 0.15) is 10.7 Å². The summed E-state index contributed by atoms with van der Waals surface area (Å²) in [5.41, 5.74) is 6.25. The van der Waals surface area contributed by atoms with Crippen LogP contribution < -0.4 is 5.73 Å². The highest BCUT2D eigenvalue weighted by Gasteiger charge is 2.00. The third kappa shape index (κ3) is 2.19. The lowest BCUT2D eigenvalue weighted by Gasteiger charge is -1.91. The summed E-state index contributed by atoms with van der Waals surface area (Å²) in [6.07, 6.45) is 0.426. The molecule has 0 fully saturated rings.